The van der Waals surface area contributed by atoms with Crippen LogP contribution < -0.4 is 10.5 Å². The number of nitrogens with one attached hydrogen (secondary N) is 1. The molecule has 0 saturated carbocycles. The standard InChI is InChI=1S/C12H8BrCl2FN2O2S/c13-6-1-2-10(8(15)3-6)18-21(19,20)11-5-7(14)4-9(17)12(11)16/h1-5,18H,17H2. The molecule has 0 aliphatic heterocycles. The van der Waals surface area contributed by atoms with Gasteiger partial charge in [0, 0.05) is 9.50 Å². The monoisotopic (exact) mass is 412 g/mol. The Balaban J connectivity index is 2.48. The zero-order valence-electron chi connectivity index (χ0n) is 10.2. The molecule has 21 heavy (non-hydrogen) atoms. The first-order chi connectivity index (χ1) is 9.70. The fourth-order valence-electron chi connectivity index (χ4n) is 1.55. The summed E-state index contributed by atoms with van der Waals surface area (Å²) in [5.74, 6) is -1.07. The molecule has 2 aromatic carbocycles. The summed E-state index contributed by atoms with van der Waals surface area (Å²) in [5, 5.41) is 0.166. The minimum absolute atomic E-state index is 0.0104. The summed E-state index contributed by atoms with van der Waals surface area (Å²) in [7, 11) is -4.21. The van der Waals surface area contributed by atoms with Gasteiger partial charge in [-0.3, -0.25) is 4.72 Å². The fourth-order valence-corrected chi connectivity index (χ4v) is 3.83. The maximum Gasteiger partial charge on any atom is 0.264 e. The highest BCUT2D eigenvalue weighted by Gasteiger charge is 2.22. The SMILES string of the molecule is Nc1cc(Cl)cc(S(=O)(=O)Nc2ccc(Br)cc2Cl)c1F. The van der Waals surface area contributed by atoms with Gasteiger partial charge in [-0.1, -0.05) is 39.1 Å². The minimum atomic E-state index is -4.21. The fraction of sp³-hybridized carbons (Fsp3) is 0. The summed E-state index contributed by atoms with van der Waals surface area (Å²) in [6.07, 6.45) is 0. The lowest BCUT2D eigenvalue weighted by molar-refractivity contribution is 0.573. The number of hydrogen-bond acceptors (Lipinski definition) is 3. The van der Waals surface area contributed by atoms with E-state index in [0.717, 1.165) is 12.1 Å². The zero-order valence-corrected chi connectivity index (χ0v) is 14.1. The molecule has 0 aliphatic carbocycles. The predicted octanol–water partition coefficient (Wildman–Crippen LogP) is 4.28. The second-order valence-corrected chi connectivity index (χ2v) is 7.45. The summed E-state index contributed by atoms with van der Waals surface area (Å²) in [4.78, 5) is -0.647. The van der Waals surface area contributed by atoms with Crippen molar-refractivity contribution < 1.29 is 12.8 Å². The van der Waals surface area contributed by atoms with Crippen LogP contribution in [0.25, 0.3) is 0 Å². The smallest absolute Gasteiger partial charge is 0.264 e. The van der Waals surface area contributed by atoms with Crippen molar-refractivity contribution in [3.8, 4) is 0 Å². The van der Waals surface area contributed by atoms with E-state index in [9.17, 15) is 12.8 Å². The molecule has 4 nitrogen and oxygen atoms in total. The maximum absolute atomic E-state index is 13.9. The van der Waals surface area contributed by atoms with Crippen molar-refractivity contribution in [2.75, 3.05) is 10.5 Å². The van der Waals surface area contributed by atoms with Gasteiger partial charge < -0.3 is 5.73 Å². The van der Waals surface area contributed by atoms with Crippen LogP contribution in [0.5, 0.6) is 0 Å². The van der Waals surface area contributed by atoms with Crippen molar-refractivity contribution in [3.63, 3.8) is 0 Å². The van der Waals surface area contributed by atoms with Crippen LogP contribution in [0, 0.1) is 5.82 Å². The Hall–Kier alpha value is -1.02. The van der Waals surface area contributed by atoms with Gasteiger partial charge in [-0.2, -0.15) is 0 Å². The molecule has 0 aromatic heterocycles. The highest BCUT2D eigenvalue weighted by atomic mass is 79.9. The van der Waals surface area contributed by atoms with E-state index in [-0.39, 0.29) is 21.4 Å². The largest absolute Gasteiger partial charge is 0.396 e. The molecule has 0 bridgehead atoms. The number of rotatable bonds is 3. The molecule has 0 radical (unpaired) electrons. The summed E-state index contributed by atoms with van der Waals surface area (Å²) >= 11 is 14.8. The number of nitrogens with two attached hydrogens (primary N) is 1. The molecule has 0 saturated heterocycles. The third-order valence-corrected chi connectivity index (χ3v) is 4.89. The Labute approximate surface area is 139 Å². The van der Waals surface area contributed by atoms with Gasteiger partial charge in [-0.25, -0.2) is 12.8 Å². The van der Waals surface area contributed by atoms with Gasteiger partial charge in [-0.15, -0.1) is 0 Å². The minimum Gasteiger partial charge on any atom is -0.396 e. The van der Waals surface area contributed by atoms with Crippen LogP contribution in [0.1, 0.15) is 0 Å². The number of halogens is 4. The molecule has 0 spiro atoms. The van der Waals surface area contributed by atoms with Crippen LogP contribution in [-0.4, -0.2) is 8.42 Å². The Morgan fingerprint density at radius 1 is 1.19 bits per heavy atom. The molecule has 0 atom stereocenters. The van der Waals surface area contributed by atoms with E-state index in [4.69, 9.17) is 28.9 Å². The molecule has 2 rings (SSSR count). The summed E-state index contributed by atoms with van der Waals surface area (Å²) in [5.41, 5.74) is 5.13. The molecule has 0 fully saturated rings. The Bertz CT molecular complexity index is 815. The van der Waals surface area contributed by atoms with E-state index >= 15 is 0 Å². The number of benzene rings is 2. The third kappa shape index (κ3) is 3.60. The van der Waals surface area contributed by atoms with E-state index in [1.54, 1.807) is 6.07 Å². The van der Waals surface area contributed by atoms with Gasteiger partial charge in [0.1, 0.15) is 4.90 Å². The van der Waals surface area contributed by atoms with Gasteiger partial charge in [0.25, 0.3) is 10.0 Å². The lowest BCUT2D eigenvalue weighted by Gasteiger charge is -2.12. The summed E-state index contributed by atoms with van der Waals surface area (Å²) in [6.45, 7) is 0. The van der Waals surface area contributed by atoms with Crippen molar-refractivity contribution in [1.82, 2.24) is 0 Å². The maximum atomic E-state index is 13.9. The molecule has 9 heteroatoms. The van der Waals surface area contributed by atoms with Crippen molar-refractivity contribution >= 4 is 60.5 Å². The number of nitrogen functional groups attached to an aromatic ring is 1. The zero-order chi connectivity index (χ0) is 15.8. The third-order valence-electron chi connectivity index (χ3n) is 2.50. The average molecular weight is 414 g/mol. The lowest BCUT2D eigenvalue weighted by atomic mass is 10.3. The molecule has 0 aliphatic rings. The van der Waals surface area contributed by atoms with Gasteiger partial charge >= 0.3 is 0 Å². The molecular formula is C12H8BrCl2FN2O2S. The van der Waals surface area contributed by atoms with Crippen molar-refractivity contribution in [2.45, 2.75) is 4.90 Å². The normalized spacial score (nSPS) is 11.4. The van der Waals surface area contributed by atoms with Crippen LogP contribution in [0.3, 0.4) is 0 Å². The van der Waals surface area contributed by atoms with Crippen LogP contribution in [-0.2, 0) is 10.0 Å². The molecule has 3 N–H and O–H groups in total. The van der Waals surface area contributed by atoms with E-state index < -0.39 is 20.7 Å². The first-order valence-corrected chi connectivity index (χ1v) is 8.46. The first-order valence-electron chi connectivity index (χ1n) is 5.43. The average Bonchev–Trinajstić information content (AvgIpc) is 2.37. The first kappa shape index (κ1) is 16.4. The summed E-state index contributed by atoms with van der Waals surface area (Å²) < 4.78 is 41.2. The van der Waals surface area contributed by atoms with Crippen molar-refractivity contribution in [2.24, 2.45) is 0 Å². The Kier molecular flexibility index (Phi) is 4.67. The molecule has 0 unspecified atom stereocenters. The van der Waals surface area contributed by atoms with Crippen LogP contribution >= 0.6 is 39.1 Å². The van der Waals surface area contributed by atoms with Crippen LogP contribution in [0.2, 0.25) is 10.0 Å². The van der Waals surface area contributed by atoms with E-state index in [1.165, 1.54) is 12.1 Å². The van der Waals surface area contributed by atoms with Crippen molar-refractivity contribution in [1.29, 1.82) is 0 Å². The van der Waals surface area contributed by atoms with Crippen LogP contribution in [0.15, 0.2) is 39.7 Å². The number of hydrogen-bond donors (Lipinski definition) is 2. The molecule has 2 aromatic rings. The van der Waals surface area contributed by atoms with E-state index in [1.807, 2.05) is 0 Å². The van der Waals surface area contributed by atoms with Gasteiger partial charge in [0.05, 0.1) is 16.4 Å². The second-order valence-electron chi connectivity index (χ2n) is 4.04. The van der Waals surface area contributed by atoms with Gasteiger partial charge in [0.2, 0.25) is 0 Å². The highest BCUT2D eigenvalue weighted by Crippen LogP contribution is 2.30. The van der Waals surface area contributed by atoms with Gasteiger partial charge in [0.15, 0.2) is 5.82 Å². The van der Waals surface area contributed by atoms with Crippen molar-refractivity contribution in [3.05, 3.63) is 50.7 Å². The molecule has 0 amide bonds. The van der Waals surface area contributed by atoms with E-state index in [2.05, 4.69) is 20.7 Å². The summed E-state index contributed by atoms with van der Waals surface area (Å²) in [6, 6.07) is 6.63. The van der Waals surface area contributed by atoms with E-state index in [0.29, 0.717) is 4.47 Å². The molecular weight excluding hydrogens is 406 g/mol. The Morgan fingerprint density at radius 2 is 1.86 bits per heavy atom. The second kappa shape index (κ2) is 6.00. The lowest BCUT2D eigenvalue weighted by Crippen LogP contribution is -2.15. The highest BCUT2D eigenvalue weighted by molar-refractivity contribution is 9.10. The quantitative estimate of drug-likeness (QED) is 0.737. The van der Waals surface area contributed by atoms with Crippen LogP contribution in [0.4, 0.5) is 15.8 Å². The predicted molar refractivity (Wildman–Crippen MR) is 85.8 cm³/mol. The number of sulfonamides is 1. The number of anilines is 2. The topological polar surface area (TPSA) is 72.2 Å². The van der Waals surface area contributed by atoms with Gasteiger partial charge in [-0.05, 0) is 30.3 Å². The Morgan fingerprint density at radius 3 is 2.48 bits per heavy atom. The molecule has 112 valence electrons. The molecule has 0 heterocycles.